The fourth-order valence-corrected chi connectivity index (χ4v) is 2.85. The number of ether oxygens (including phenoxy) is 1. The second kappa shape index (κ2) is 8.19. The SMILES string of the molecule is Cc1ccccc1OC(C)C(=O)Nc1c(C(C)C)cccc1C(C)C. The zero-order valence-electron chi connectivity index (χ0n) is 16.1. The van der Waals surface area contributed by atoms with Gasteiger partial charge in [-0.3, -0.25) is 4.79 Å². The number of hydrogen-bond acceptors (Lipinski definition) is 2. The molecule has 0 saturated carbocycles. The first kappa shape index (κ1) is 19.0. The molecule has 134 valence electrons. The summed E-state index contributed by atoms with van der Waals surface area (Å²) in [7, 11) is 0. The van der Waals surface area contributed by atoms with Crippen molar-refractivity contribution in [3.63, 3.8) is 0 Å². The summed E-state index contributed by atoms with van der Waals surface area (Å²) in [6.07, 6.45) is -0.568. The lowest BCUT2D eigenvalue weighted by atomic mass is 9.92. The lowest BCUT2D eigenvalue weighted by Crippen LogP contribution is -2.31. The molecule has 0 aliphatic heterocycles. The van der Waals surface area contributed by atoms with Gasteiger partial charge in [-0.15, -0.1) is 0 Å². The number of amides is 1. The van der Waals surface area contributed by atoms with Gasteiger partial charge in [0, 0.05) is 5.69 Å². The van der Waals surface area contributed by atoms with Crippen LogP contribution in [0.5, 0.6) is 5.75 Å². The van der Waals surface area contributed by atoms with Crippen LogP contribution in [0.2, 0.25) is 0 Å². The van der Waals surface area contributed by atoms with Crippen LogP contribution in [0.25, 0.3) is 0 Å². The molecule has 2 aromatic rings. The predicted molar refractivity (Wildman–Crippen MR) is 105 cm³/mol. The molecule has 0 bridgehead atoms. The van der Waals surface area contributed by atoms with E-state index < -0.39 is 6.10 Å². The highest BCUT2D eigenvalue weighted by Crippen LogP contribution is 2.32. The van der Waals surface area contributed by atoms with Crippen LogP contribution in [0.15, 0.2) is 42.5 Å². The molecular weight excluding hydrogens is 310 g/mol. The minimum Gasteiger partial charge on any atom is -0.481 e. The molecule has 25 heavy (non-hydrogen) atoms. The number of rotatable bonds is 6. The number of carbonyl (C=O) groups is 1. The largest absolute Gasteiger partial charge is 0.481 e. The number of carbonyl (C=O) groups excluding carboxylic acids is 1. The molecule has 0 radical (unpaired) electrons. The van der Waals surface area contributed by atoms with Crippen molar-refractivity contribution >= 4 is 11.6 Å². The van der Waals surface area contributed by atoms with Gasteiger partial charge in [0.25, 0.3) is 5.91 Å². The fraction of sp³-hybridized carbons (Fsp3) is 0.409. The van der Waals surface area contributed by atoms with Crippen molar-refractivity contribution in [3.8, 4) is 5.75 Å². The van der Waals surface area contributed by atoms with E-state index in [4.69, 9.17) is 4.74 Å². The molecule has 3 heteroatoms. The van der Waals surface area contributed by atoms with Gasteiger partial charge >= 0.3 is 0 Å². The lowest BCUT2D eigenvalue weighted by Gasteiger charge is -2.22. The molecule has 1 unspecified atom stereocenters. The van der Waals surface area contributed by atoms with Crippen LogP contribution in [-0.4, -0.2) is 12.0 Å². The van der Waals surface area contributed by atoms with Crippen molar-refractivity contribution in [3.05, 3.63) is 59.2 Å². The third-order valence-corrected chi connectivity index (χ3v) is 4.39. The van der Waals surface area contributed by atoms with Crippen molar-refractivity contribution in [2.75, 3.05) is 5.32 Å². The Balaban J connectivity index is 2.23. The van der Waals surface area contributed by atoms with Crippen molar-refractivity contribution in [1.82, 2.24) is 0 Å². The molecule has 2 aromatic carbocycles. The highest BCUT2D eigenvalue weighted by molar-refractivity contribution is 5.95. The van der Waals surface area contributed by atoms with Gasteiger partial charge in [0.1, 0.15) is 5.75 Å². The Morgan fingerprint density at radius 1 is 0.880 bits per heavy atom. The zero-order chi connectivity index (χ0) is 18.6. The molecule has 3 nitrogen and oxygen atoms in total. The van der Waals surface area contributed by atoms with Gasteiger partial charge in [0.15, 0.2) is 6.10 Å². The van der Waals surface area contributed by atoms with Crippen LogP contribution >= 0.6 is 0 Å². The van der Waals surface area contributed by atoms with Gasteiger partial charge in [0.2, 0.25) is 0 Å². The summed E-state index contributed by atoms with van der Waals surface area (Å²) in [6, 6.07) is 14.0. The molecule has 0 aromatic heterocycles. The molecular formula is C22H29NO2. The lowest BCUT2D eigenvalue weighted by molar-refractivity contribution is -0.122. The number of anilines is 1. The summed E-state index contributed by atoms with van der Waals surface area (Å²) in [5.41, 5.74) is 4.26. The van der Waals surface area contributed by atoms with E-state index >= 15 is 0 Å². The number of benzene rings is 2. The first-order chi connectivity index (χ1) is 11.8. The van der Waals surface area contributed by atoms with Crippen molar-refractivity contribution < 1.29 is 9.53 Å². The Morgan fingerprint density at radius 3 is 1.96 bits per heavy atom. The molecule has 0 fully saturated rings. The highest BCUT2D eigenvalue weighted by Gasteiger charge is 2.20. The quantitative estimate of drug-likeness (QED) is 0.739. The van der Waals surface area contributed by atoms with E-state index in [1.54, 1.807) is 6.92 Å². The van der Waals surface area contributed by atoms with E-state index in [1.807, 2.05) is 31.2 Å². The zero-order valence-corrected chi connectivity index (χ0v) is 16.1. The highest BCUT2D eigenvalue weighted by atomic mass is 16.5. The number of para-hydroxylation sites is 2. The summed E-state index contributed by atoms with van der Waals surface area (Å²) in [5.74, 6) is 1.29. The van der Waals surface area contributed by atoms with E-state index in [9.17, 15) is 4.79 Å². The number of hydrogen-bond donors (Lipinski definition) is 1. The maximum absolute atomic E-state index is 12.7. The topological polar surface area (TPSA) is 38.3 Å². The Labute approximate surface area is 151 Å². The van der Waals surface area contributed by atoms with E-state index in [1.165, 1.54) is 0 Å². The van der Waals surface area contributed by atoms with E-state index in [2.05, 4.69) is 51.2 Å². The third kappa shape index (κ3) is 4.62. The van der Waals surface area contributed by atoms with Crippen LogP contribution in [-0.2, 0) is 4.79 Å². The Kier molecular flexibility index (Phi) is 6.24. The van der Waals surface area contributed by atoms with E-state index in [-0.39, 0.29) is 5.91 Å². The average Bonchev–Trinajstić information content (AvgIpc) is 2.56. The smallest absolute Gasteiger partial charge is 0.265 e. The standard InChI is InChI=1S/C22H29NO2/c1-14(2)18-11-9-12-19(15(3)4)21(18)23-22(24)17(6)25-20-13-8-7-10-16(20)5/h7-15,17H,1-6H3,(H,23,24). The van der Waals surface area contributed by atoms with E-state index in [0.29, 0.717) is 11.8 Å². The summed E-state index contributed by atoms with van der Waals surface area (Å²) in [6.45, 7) is 12.3. The molecule has 0 aliphatic carbocycles. The van der Waals surface area contributed by atoms with Crippen LogP contribution < -0.4 is 10.1 Å². The molecule has 0 spiro atoms. The van der Waals surface area contributed by atoms with Gasteiger partial charge in [-0.2, -0.15) is 0 Å². The maximum atomic E-state index is 12.7. The first-order valence-electron chi connectivity index (χ1n) is 8.97. The van der Waals surface area contributed by atoms with Crippen molar-refractivity contribution in [2.24, 2.45) is 0 Å². The van der Waals surface area contributed by atoms with Gasteiger partial charge in [-0.05, 0) is 48.4 Å². The normalized spacial score (nSPS) is 12.3. The summed E-state index contributed by atoms with van der Waals surface area (Å²) >= 11 is 0. The average molecular weight is 339 g/mol. The third-order valence-electron chi connectivity index (χ3n) is 4.39. The minimum absolute atomic E-state index is 0.127. The number of aryl methyl sites for hydroxylation is 1. The second-order valence-electron chi connectivity index (χ2n) is 7.14. The van der Waals surface area contributed by atoms with Gasteiger partial charge in [0.05, 0.1) is 0 Å². The molecule has 1 N–H and O–H groups in total. The minimum atomic E-state index is -0.568. The Hall–Kier alpha value is -2.29. The Bertz CT molecular complexity index is 708. The monoisotopic (exact) mass is 339 g/mol. The molecule has 0 saturated heterocycles. The summed E-state index contributed by atoms with van der Waals surface area (Å²) in [5, 5.41) is 3.12. The summed E-state index contributed by atoms with van der Waals surface area (Å²) in [4.78, 5) is 12.7. The number of nitrogens with one attached hydrogen (secondary N) is 1. The molecule has 2 rings (SSSR count). The van der Waals surface area contributed by atoms with Crippen LogP contribution in [0.4, 0.5) is 5.69 Å². The van der Waals surface area contributed by atoms with Crippen LogP contribution in [0, 0.1) is 6.92 Å². The maximum Gasteiger partial charge on any atom is 0.265 e. The molecule has 1 amide bonds. The van der Waals surface area contributed by atoms with Gasteiger partial charge in [-0.25, -0.2) is 0 Å². The molecule has 1 atom stereocenters. The van der Waals surface area contributed by atoms with Gasteiger partial charge in [-0.1, -0.05) is 64.1 Å². The van der Waals surface area contributed by atoms with Crippen LogP contribution in [0.3, 0.4) is 0 Å². The van der Waals surface area contributed by atoms with Crippen molar-refractivity contribution in [2.45, 2.75) is 59.5 Å². The molecule has 0 heterocycles. The predicted octanol–water partition coefficient (Wildman–Crippen LogP) is 5.65. The second-order valence-corrected chi connectivity index (χ2v) is 7.14. The fourth-order valence-electron chi connectivity index (χ4n) is 2.85. The Morgan fingerprint density at radius 2 is 1.44 bits per heavy atom. The van der Waals surface area contributed by atoms with E-state index in [0.717, 1.165) is 28.1 Å². The van der Waals surface area contributed by atoms with Gasteiger partial charge < -0.3 is 10.1 Å². The molecule has 0 aliphatic rings. The van der Waals surface area contributed by atoms with Crippen molar-refractivity contribution in [1.29, 1.82) is 0 Å². The first-order valence-corrected chi connectivity index (χ1v) is 8.97. The summed E-state index contributed by atoms with van der Waals surface area (Å²) < 4.78 is 5.87. The van der Waals surface area contributed by atoms with Crippen LogP contribution in [0.1, 0.15) is 63.1 Å².